The molecule has 0 bridgehead atoms. The molecule has 0 aromatic heterocycles. The van der Waals surface area contributed by atoms with E-state index >= 15 is 0 Å². The minimum absolute atomic E-state index is 0.0381. The largest absolute Gasteiger partial charge is 0.480 e. The molecular formula is C10H18N2O3. The van der Waals surface area contributed by atoms with Crippen molar-refractivity contribution in [2.75, 3.05) is 26.7 Å². The molecule has 15 heavy (non-hydrogen) atoms. The van der Waals surface area contributed by atoms with Gasteiger partial charge in [0.2, 0.25) is 5.91 Å². The molecule has 5 nitrogen and oxygen atoms in total. The number of amides is 1. The Bertz CT molecular complexity index is 255. The number of nitrogens with zero attached hydrogens (tertiary/aromatic N) is 2. The highest BCUT2D eigenvalue weighted by Crippen LogP contribution is 2.14. The van der Waals surface area contributed by atoms with Crippen LogP contribution >= 0.6 is 0 Å². The Morgan fingerprint density at radius 2 is 2.20 bits per heavy atom. The van der Waals surface area contributed by atoms with Crippen LogP contribution in [0.25, 0.3) is 0 Å². The molecule has 1 saturated heterocycles. The van der Waals surface area contributed by atoms with Crippen LogP contribution in [0.15, 0.2) is 0 Å². The monoisotopic (exact) mass is 214 g/mol. The number of rotatable bonds is 3. The molecule has 0 saturated carbocycles. The Balaban J connectivity index is 2.48. The molecule has 1 unspecified atom stereocenters. The lowest BCUT2D eigenvalue weighted by Gasteiger charge is -2.36. The second kappa shape index (κ2) is 5.11. The minimum Gasteiger partial charge on any atom is -0.480 e. The van der Waals surface area contributed by atoms with E-state index in [2.05, 4.69) is 0 Å². The zero-order valence-corrected chi connectivity index (χ0v) is 9.27. The third-order valence-corrected chi connectivity index (χ3v) is 2.85. The van der Waals surface area contributed by atoms with Gasteiger partial charge in [-0.25, -0.2) is 0 Å². The number of likely N-dealkylation sites (N-methyl/N-ethyl adjacent to an activating group) is 1. The lowest BCUT2D eigenvalue weighted by molar-refractivity contribution is -0.139. The number of carboxylic acid groups (broad SMARTS) is 1. The molecule has 1 amide bonds. The Labute approximate surface area is 89.7 Å². The van der Waals surface area contributed by atoms with Crippen molar-refractivity contribution in [1.82, 2.24) is 9.80 Å². The zero-order valence-electron chi connectivity index (χ0n) is 9.27. The van der Waals surface area contributed by atoms with E-state index in [-0.39, 0.29) is 18.5 Å². The van der Waals surface area contributed by atoms with Gasteiger partial charge in [-0.2, -0.15) is 0 Å². The van der Waals surface area contributed by atoms with Crippen LogP contribution in [0.1, 0.15) is 19.8 Å². The summed E-state index contributed by atoms with van der Waals surface area (Å²) in [6.07, 6.45) is 1.92. The lowest BCUT2D eigenvalue weighted by atomic mass is 10.0. The molecule has 1 heterocycles. The van der Waals surface area contributed by atoms with Gasteiger partial charge in [0.25, 0.3) is 0 Å². The average molecular weight is 214 g/mol. The van der Waals surface area contributed by atoms with Crippen LogP contribution in [0.4, 0.5) is 0 Å². The zero-order chi connectivity index (χ0) is 11.4. The number of carbonyl (C=O) groups excluding carboxylic acids is 1. The Morgan fingerprint density at radius 3 is 2.73 bits per heavy atom. The first-order valence-corrected chi connectivity index (χ1v) is 5.18. The minimum atomic E-state index is -0.822. The molecule has 5 heteroatoms. The van der Waals surface area contributed by atoms with Crippen molar-refractivity contribution < 1.29 is 14.7 Å². The molecule has 0 aliphatic carbocycles. The van der Waals surface area contributed by atoms with E-state index in [4.69, 9.17) is 5.11 Å². The molecule has 0 spiro atoms. The number of hydrogen-bond acceptors (Lipinski definition) is 3. The number of carboxylic acids is 1. The molecule has 1 atom stereocenters. The molecule has 1 N–H and O–H groups in total. The standard InChI is InChI=1S/C10H18N2O3/c1-8(13)12-5-3-4-9(6-12)11(2)7-10(14)15/h9H,3-7H2,1-2H3,(H,14,15). The Hall–Kier alpha value is -1.10. The van der Waals surface area contributed by atoms with Crippen LogP contribution in [-0.4, -0.2) is 59.5 Å². The van der Waals surface area contributed by atoms with Gasteiger partial charge in [0.1, 0.15) is 0 Å². The van der Waals surface area contributed by atoms with E-state index in [1.54, 1.807) is 23.8 Å². The fraction of sp³-hybridized carbons (Fsp3) is 0.800. The van der Waals surface area contributed by atoms with Gasteiger partial charge >= 0.3 is 5.97 Å². The van der Waals surface area contributed by atoms with Crippen molar-refractivity contribution in [3.63, 3.8) is 0 Å². The third kappa shape index (κ3) is 3.51. The topological polar surface area (TPSA) is 60.9 Å². The van der Waals surface area contributed by atoms with Crippen LogP contribution in [0, 0.1) is 0 Å². The van der Waals surface area contributed by atoms with Gasteiger partial charge in [-0.05, 0) is 19.9 Å². The van der Waals surface area contributed by atoms with Gasteiger partial charge in [0, 0.05) is 26.1 Å². The summed E-state index contributed by atoms with van der Waals surface area (Å²) in [5.41, 5.74) is 0. The van der Waals surface area contributed by atoms with Crippen LogP contribution in [0.2, 0.25) is 0 Å². The summed E-state index contributed by atoms with van der Waals surface area (Å²) in [4.78, 5) is 25.3. The van der Waals surface area contributed by atoms with Crippen LogP contribution in [0.5, 0.6) is 0 Å². The highest BCUT2D eigenvalue weighted by Gasteiger charge is 2.25. The second-order valence-electron chi connectivity index (χ2n) is 4.07. The van der Waals surface area contributed by atoms with Crippen LogP contribution in [0.3, 0.4) is 0 Å². The SMILES string of the molecule is CC(=O)N1CCCC(N(C)CC(=O)O)C1. The molecule has 0 aromatic carbocycles. The van der Waals surface area contributed by atoms with Crippen molar-refractivity contribution in [2.24, 2.45) is 0 Å². The predicted octanol–water partition coefficient (Wildman–Crippen LogP) is 0.0137. The lowest BCUT2D eigenvalue weighted by Crippen LogP contribution is -2.49. The van der Waals surface area contributed by atoms with E-state index < -0.39 is 5.97 Å². The highest BCUT2D eigenvalue weighted by molar-refractivity contribution is 5.73. The van der Waals surface area contributed by atoms with E-state index in [1.807, 2.05) is 0 Å². The summed E-state index contributed by atoms with van der Waals surface area (Å²) >= 11 is 0. The summed E-state index contributed by atoms with van der Waals surface area (Å²) in [6, 6.07) is 0.179. The van der Waals surface area contributed by atoms with Crippen molar-refractivity contribution in [3.8, 4) is 0 Å². The second-order valence-corrected chi connectivity index (χ2v) is 4.07. The summed E-state index contributed by atoms with van der Waals surface area (Å²) in [5, 5.41) is 8.67. The van der Waals surface area contributed by atoms with E-state index in [9.17, 15) is 9.59 Å². The average Bonchev–Trinajstić information content (AvgIpc) is 2.17. The van der Waals surface area contributed by atoms with Crippen LogP contribution < -0.4 is 0 Å². The number of likely N-dealkylation sites (tertiary alicyclic amines) is 1. The van der Waals surface area contributed by atoms with Gasteiger partial charge in [0.15, 0.2) is 0 Å². The molecule has 0 aromatic rings. The van der Waals surface area contributed by atoms with Gasteiger partial charge < -0.3 is 10.0 Å². The molecule has 1 aliphatic heterocycles. The summed E-state index contributed by atoms with van der Waals surface area (Å²) in [6.45, 7) is 3.04. The molecule has 1 fully saturated rings. The highest BCUT2D eigenvalue weighted by atomic mass is 16.4. The van der Waals surface area contributed by atoms with E-state index in [0.717, 1.165) is 19.4 Å². The molecule has 1 rings (SSSR count). The number of piperidine rings is 1. The van der Waals surface area contributed by atoms with Crippen LogP contribution in [-0.2, 0) is 9.59 Å². The van der Waals surface area contributed by atoms with Gasteiger partial charge in [-0.15, -0.1) is 0 Å². The fourth-order valence-electron chi connectivity index (χ4n) is 1.94. The molecule has 0 radical (unpaired) electrons. The van der Waals surface area contributed by atoms with Gasteiger partial charge in [-0.1, -0.05) is 0 Å². The number of carbonyl (C=O) groups is 2. The van der Waals surface area contributed by atoms with Crippen molar-refractivity contribution >= 4 is 11.9 Å². The smallest absolute Gasteiger partial charge is 0.317 e. The normalized spacial score (nSPS) is 21.8. The summed E-state index contributed by atoms with van der Waals surface area (Å²) in [5.74, 6) is -0.749. The number of hydrogen-bond donors (Lipinski definition) is 1. The number of aliphatic carboxylic acids is 1. The Kier molecular flexibility index (Phi) is 4.08. The maximum absolute atomic E-state index is 11.2. The fourth-order valence-corrected chi connectivity index (χ4v) is 1.94. The summed E-state index contributed by atoms with van der Waals surface area (Å²) < 4.78 is 0. The van der Waals surface area contributed by atoms with Crippen molar-refractivity contribution in [3.05, 3.63) is 0 Å². The summed E-state index contributed by atoms with van der Waals surface area (Å²) in [7, 11) is 1.79. The molecule has 1 aliphatic rings. The maximum Gasteiger partial charge on any atom is 0.317 e. The molecular weight excluding hydrogens is 196 g/mol. The van der Waals surface area contributed by atoms with Gasteiger partial charge in [-0.3, -0.25) is 14.5 Å². The maximum atomic E-state index is 11.2. The van der Waals surface area contributed by atoms with Crippen molar-refractivity contribution in [2.45, 2.75) is 25.8 Å². The van der Waals surface area contributed by atoms with Crippen molar-refractivity contribution in [1.29, 1.82) is 0 Å². The Morgan fingerprint density at radius 1 is 1.53 bits per heavy atom. The first-order valence-electron chi connectivity index (χ1n) is 5.18. The first kappa shape index (κ1) is 12.0. The van der Waals surface area contributed by atoms with E-state index in [1.165, 1.54) is 0 Å². The first-order chi connectivity index (χ1) is 7.00. The predicted molar refractivity (Wildman–Crippen MR) is 55.5 cm³/mol. The third-order valence-electron chi connectivity index (χ3n) is 2.85. The molecule has 86 valence electrons. The van der Waals surface area contributed by atoms with E-state index in [0.29, 0.717) is 6.54 Å². The quantitative estimate of drug-likeness (QED) is 0.719. The van der Waals surface area contributed by atoms with Gasteiger partial charge in [0.05, 0.1) is 6.54 Å².